The van der Waals surface area contributed by atoms with E-state index in [1.165, 1.54) is 4.90 Å². The van der Waals surface area contributed by atoms with Crippen LogP contribution >= 0.6 is 0 Å². The molecule has 2 amide bonds. The van der Waals surface area contributed by atoms with Crippen LogP contribution in [-0.4, -0.2) is 67.0 Å². The molecular formula is C30H32N6O5. The number of ether oxygens (including phenoxy) is 3. The van der Waals surface area contributed by atoms with Gasteiger partial charge in [0.15, 0.2) is 11.5 Å². The Morgan fingerprint density at radius 3 is 2.59 bits per heavy atom. The van der Waals surface area contributed by atoms with Gasteiger partial charge in [-0.15, -0.1) is 5.10 Å². The van der Waals surface area contributed by atoms with Crippen LogP contribution in [0.3, 0.4) is 0 Å². The molecule has 0 radical (unpaired) electrons. The number of fused-ring (bicyclic) bond motifs is 2. The van der Waals surface area contributed by atoms with Crippen LogP contribution in [0.5, 0.6) is 11.5 Å². The maximum Gasteiger partial charge on any atom is 0.249 e. The summed E-state index contributed by atoms with van der Waals surface area (Å²) in [7, 11) is 3.90. The third-order valence-electron chi connectivity index (χ3n) is 7.37. The van der Waals surface area contributed by atoms with E-state index in [0.29, 0.717) is 41.4 Å². The fourth-order valence-electron chi connectivity index (χ4n) is 5.20. The Labute approximate surface area is 237 Å². The van der Waals surface area contributed by atoms with E-state index < -0.39 is 6.04 Å². The normalized spacial score (nSPS) is 16.5. The number of para-hydroxylation sites is 1. The molecule has 11 nitrogen and oxygen atoms in total. The van der Waals surface area contributed by atoms with Gasteiger partial charge in [-0.25, -0.2) is 4.68 Å². The van der Waals surface area contributed by atoms with E-state index in [1.807, 2.05) is 67.5 Å². The van der Waals surface area contributed by atoms with Crippen molar-refractivity contribution in [1.82, 2.24) is 20.3 Å². The van der Waals surface area contributed by atoms with Gasteiger partial charge in [-0.3, -0.25) is 14.5 Å². The summed E-state index contributed by atoms with van der Waals surface area (Å²) in [5.74, 6) is 0.437. The summed E-state index contributed by atoms with van der Waals surface area (Å²) in [6, 6.07) is 19.3. The second-order valence-electron chi connectivity index (χ2n) is 10.3. The molecule has 6 rings (SSSR count). The number of amides is 2. The van der Waals surface area contributed by atoms with Crippen LogP contribution in [-0.2, 0) is 20.9 Å². The molecule has 4 aromatic rings. The first-order chi connectivity index (χ1) is 20.0. The molecule has 0 spiro atoms. The summed E-state index contributed by atoms with van der Waals surface area (Å²) in [4.78, 5) is 31.8. The molecule has 2 atom stereocenters. The maximum absolute atomic E-state index is 14.3. The number of carbonyl (C=O) groups is 2. The van der Waals surface area contributed by atoms with E-state index in [9.17, 15) is 9.59 Å². The molecule has 1 saturated heterocycles. The molecule has 0 bridgehead atoms. The summed E-state index contributed by atoms with van der Waals surface area (Å²) in [5.41, 5.74) is 3.54. The quantitative estimate of drug-likeness (QED) is 0.334. The van der Waals surface area contributed by atoms with Crippen LogP contribution in [0.15, 0.2) is 66.7 Å². The van der Waals surface area contributed by atoms with Crippen molar-refractivity contribution in [3.8, 4) is 11.5 Å². The minimum atomic E-state index is -0.977. The average molecular weight is 557 g/mol. The third-order valence-corrected chi connectivity index (χ3v) is 7.37. The van der Waals surface area contributed by atoms with Gasteiger partial charge in [-0.1, -0.05) is 29.5 Å². The van der Waals surface area contributed by atoms with Crippen molar-refractivity contribution in [2.24, 2.45) is 0 Å². The molecule has 0 aliphatic carbocycles. The second kappa shape index (κ2) is 11.5. The zero-order valence-electron chi connectivity index (χ0n) is 23.0. The SMILES string of the molecule is CN(C)c1ccc([C@H](C(=O)NC[C@H]2CCCO2)N(C(=O)Cn2nnc3ccccc32)c2ccc3c(c2)OCO3)cc1. The zero-order valence-corrected chi connectivity index (χ0v) is 23.0. The van der Waals surface area contributed by atoms with Gasteiger partial charge < -0.3 is 24.4 Å². The van der Waals surface area contributed by atoms with Crippen molar-refractivity contribution < 1.29 is 23.8 Å². The molecular weight excluding hydrogens is 524 g/mol. The molecule has 2 aliphatic heterocycles. The van der Waals surface area contributed by atoms with E-state index in [0.717, 1.165) is 24.0 Å². The van der Waals surface area contributed by atoms with Crippen LogP contribution in [0, 0.1) is 0 Å². The Morgan fingerprint density at radius 2 is 1.80 bits per heavy atom. The summed E-state index contributed by atoms with van der Waals surface area (Å²) >= 11 is 0. The molecule has 1 fully saturated rings. The highest BCUT2D eigenvalue weighted by atomic mass is 16.7. The lowest BCUT2D eigenvalue weighted by molar-refractivity contribution is -0.127. The first-order valence-electron chi connectivity index (χ1n) is 13.6. The van der Waals surface area contributed by atoms with Crippen molar-refractivity contribution in [3.05, 3.63) is 72.3 Å². The second-order valence-corrected chi connectivity index (χ2v) is 10.3. The van der Waals surface area contributed by atoms with Crippen molar-refractivity contribution >= 4 is 34.2 Å². The Balaban J connectivity index is 1.40. The molecule has 1 aromatic heterocycles. The van der Waals surface area contributed by atoms with E-state index >= 15 is 0 Å². The van der Waals surface area contributed by atoms with Crippen LogP contribution in [0.4, 0.5) is 11.4 Å². The zero-order chi connectivity index (χ0) is 28.3. The number of aromatic nitrogens is 3. The number of nitrogens with zero attached hydrogens (tertiary/aromatic N) is 5. The number of carbonyl (C=O) groups excluding carboxylic acids is 2. The standard InChI is InChI=1S/C30H32N6O5/c1-34(2)21-11-9-20(10-12-21)29(30(38)31-17-23-6-5-15-39-23)36(22-13-14-26-27(16-22)41-19-40-26)28(37)18-35-25-8-4-3-7-24(25)32-33-35/h3-4,7-14,16,23,29H,5-6,15,17-19H2,1-2H3,(H,31,38)/t23-,29-/m1/s1. The van der Waals surface area contributed by atoms with E-state index in [1.54, 1.807) is 22.9 Å². The van der Waals surface area contributed by atoms with Gasteiger partial charge in [0.1, 0.15) is 18.1 Å². The highest BCUT2D eigenvalue weighted by Crippen LogP contribution is 2.38. The van der Waals surface area contributed by atoms with Crippen LogP contribution < -0.4 is 24.6 Å². The number of hydrogen-bond acceptors (Lipinski definition) is 8. The van der Waals surface area contributed by atoms with Gasteiger partial charge in [0, 0.05) is 44.7 Å². The van der Waals surface area contributed by atoms with Gasteiger partial charge >= 0.3 is 0 Å². The minimum absolute atomic E-state index is 0.0491. The first-order valence-corrected chi connectivity index (χ1v) is 13.6. The number of benzene rings is 3. The summed E-state index contributed by atoms with van der Waals surface area (Å²) < 4.78 is 18.4. The van der Waals surface area contributed by atoms with E-state index in [2.05, 4.69) is 15.6 Å². The molecule has 2 aliphatic rings. The minimum Gasteiger partial charge on any atom is -0.454 e. The molecule has 0 saturated carbocycles. The van der Waals surface area contributed by atoms with Crippen LogP contribution in [0.2, 0.25) is 0 Å². The number of anilines is 2. The molecule has 3 heterocycles. The topological polar surface area (TPSA) is 111 Å². The lowest BCUT2D eigenvalue weighted by atomic mass is 10.0. The Bertz CT molecular complexity index is 1550. The summed E-state index contributed by atoms with van der Waals surface area (Å²) in [6.07, 6.45) is 1.79. The van der Waals surface area contributed by atoms with Gasteiger partial charge in [-0.2, -0.15) is 0 Å². The number of hydrogen-bond donors (Lipinski definition) is 1. The molecule has 41 heavy (non-hydrogen) atoms. The molecule has 11 heteroatoms. The van der Waals surface area contributed by atoms with Gasteiger partial charge in [-0.05, 0) is 54.8 Å². The van der Waals surface area contributed by atoms with Crippen LogP contribution in [0.1, 0.15) is 24.4 Å². The lowest BCUT2D eigenvalue weighted by Gasteiger charge is -2.32. The molecule has 0 unspecified atom stereocenters. The van der Waals surface area contributed by atoms with Crippen LogP contribution in [0.25, 0.3) is 11.0 Å². The number of rotatable bonds is 9. The third kappa shape index (κ3) is 5.53. The Hall–Kier alpha value is -4.64. The van der Waals surface area contributed by atoms with Gasteiger partial charge in [0.25, 0.3) is 0 Å². The Morgan fingerprint density at radius 1 is 1.02 bits per heavy atom. The predicted molar refractivity (Wildman–Crippen MR) is 153 cm³/mol. The summed E-state index contributed by atoms with van der Waals surface area (Å²) in [5, 5.41) is 11.5. The molecule has 3 aromatic carbocycles. The van der Waals surface area contributed by atoms with E-state index in [-0.39, 0.29) is 31.3 Å². The number of nitrogens with one attached hydrogen (secondary N) is 1. The van der Waals surface area contributed by atoms with Crippen molar-refractivity contribution in [2.45, 2.75) is 31.5 Å². The van der Waals surface area contributed by atoms with Crippen molar-refractivity contribution in [2.75, 3.05) is 43.8 Å². The smallest absolute Gasteiger partial charge is 0.249 e. The fourth-order valence-corrected chi connectivity index (χ4v) is 5.20. The Kier molecular flexibility index (Phi) is 7.43. The van der Waals surface area contributed by atoms with Crippen molar-refractivity contribution in [3.63, 3.8) is 0 Å². The monoisotopic (exact) mass is 556 g/mol. The fraction of sp³-hybridized carbons (Fsp3) is 0.333. The predicted octanol–water partition coefficient (Wildman–Crippen LogP) is 3.30. The largest absolute Gasteiger partial charge is 0.454 e. The first kappa shape index (κ1) is 26.6. The highest BCUT2D eigenvalue weighted by molar-refractivity contribution is 6.02. The highest BCUT2D eigenvalue weighted by Gasteiger charge is 2.35. The van der Waals surface area contributed by atoms with Gasteiger partial charge in [0.05, 0.1) is 11.6 Å². The maximum atomic E-state index is 14.3. The average Bonchev–Trinajstić information content (AvgIpc) is 3.76. The van der Waals surface area contributed by atoms with Gasteiger partial charge in [0.2, 0.25) is 18.6 Å². The molecule has 212 valence electrons. The van der Waals surface area contributed by atoms with E-state index in [4.69, 9.17) is 14.2 Å². The van der Waals surface area contributed by atoms with Crippen molar-refractivity contribution in [1.29, 1.82) is 0 Å². The summed E-state index contributed by atoms with van der Waals surface area (Å²) in [6.45, 7) is 1.01. The molecule has 1 N–H and O–H groups in total. The lowest BCUT2D eigenvalue weighted by Crippen LogP contribution is -2.46.